The smallest absolute Gasteiger partial charge is 0.271 e. The topological polar surface area (TPSA) is 79.8 Å². The number of ether oxygens (including phenoxy) is 2. The van der Waals surface area contributed by atoms with Crippen molar-refractivity contribution in [2.45, 2.75) is 6.92 Å². The summed E-state index contributed by atoms with van der Waals surface area (Å²) in [6.45, 7) is 7.89. The van der Waals surface area contributed by atoms with Crippen molar-refractivity contribution in [3.05, 3.63) is 42.1 Å². The first-order chi connectivity index (χ1) is 13.7. The van der Waals surface area contributed by atoms with Crippen molar-refractivity contribution in [1.29, 1.82) is 0 Å². The van der Waals surface area contributed by atoms with Crippen molar-refractivity contribution in [2.24, 2.45) is 0 Å². The molecule has 1 fully saturated rings. The molecule has 1 N–H and O–H groups in total. The highest BCUT2D eigenvalue weighted by atomic mass is 16.5. The lowest BCUT2D eigenvalue weighted by Crippen LogP contribution is -2.46. The summed E-state index contributed by atoms with van der Waals surface area (Å²) in [5, 5.41) is 11.1. The van der Waals surface area contributed by atoms with E-state index in [1.165, 1.54) is 0 Å². The Balaban J connectivity index is 1.41. The summed E-state index contributed by atoms with van der Waals surface area (Å²) in [4.78, 5) is 16.8. The molecule has 0 saturated carbocycles. The largest absolute Gasteiger partial charge is 0.497 e. The number of hydrogen-bond donors (Lipinski definition) is 1. The number of aromatic nitrogens is 2. The van der Waals surface area contributed by atoms with Crippen molar-refractivity contribution in [3.63, 3.8) is 0 Å². The van der Waals surface area contributed by atoms with Gasteiger partial charge in [0.1, 0.15) is 18.1 Å². The third-order valence-electron chi connectivity index (χ3n) is 4.74. The number of carbonyl (C=O) groups excluding carboxylic acids is 1. The fourth-order valence-corrected chi connectivity index (χ4v) is 3.00. The summed E-state index contributed by atoms with van der Waals surface area (Å²) in [5.74, 6) is 2.06. The van der Waals surface area contributed by atoms with E-state index < -0.39 is 0 Å². The first-order valence-electron chi connectivity index (χ1n) is 9.55. The van der Waals surface area contributed by atoms with Crippen molar-refractivity contribution < 1.29 is 14.3 Å². The SMILES string of the molecule is CCN1CCN(c2ccc(C(=O)NCCOc3ccc(OC)cc3)nn2)CC1. The number of nitrogens with zero attached hydrogens (tertiary/aromatic N) is 4. The Kier molecular flexibility index (Phi) is 7.02. The summed E-state index contributed by atoms with van der Waals surface area (Å²) in [6.07, 6.45) is 0. The van der Waals surface area contributed by atoms with Crippen LogP contribution in [0.15, 0.2) is 36.4 Å². The van der Waals surface area contributed by atoms with E-state index in [0.717, 1.165) is 50.0 Å². The highest BCUT2D eigenvalue weighted by Crippen LogP contribution is 2.16. The molecule has 0 atom stereocenters. The number of amides is 1. The average molecular weight is 385 g/mol. The Labute approximate surface area is 165 Å². The van der Waals surface area contributed by atoms with Crippen LogP contribution in [0.4, 0.5) is 5.82 Å². The molecule has 2 heterocycles. The van der Waals surface area contributed by atoms with E-state index in [-0.39, 0.29) is 5.91 Å². The number of nitrogens with one attached hydrogen (secondary N) is 1. The van der Waals surface area contributed by atoms with Gasteiger partial charge < -0.3 is 24.6 Å². The monoisotopic (exact) mass is 385 g/mol. The summed E-state index contributed by atoms with van der Waals surface area (Å²) in [7, 11) is 1.62. The molecule has 3 rings (SSSR count). The van der Waals surface area contributed by atoms with E-state index >= 15 is 0 Å². The zero-order valence-electron chi connectivity index (χ0n) is 16.4. The minimum Gasteiger partial charge on any atom is -0.497 e. The highest BCUT2D eigenvalue weighted by Gasteiger charge is 2.17. The Hall–Kier alpha value is -2.87. The fraction of sp³-hybridized carbons (Fsp3) is 0.450. The maximum atomic E-state index is 12.2. The molecule has 0 unspecified atom stereocenters. The summed E-state index contributed by atoms with van der Waals surface area (Å²) in [6, 6.07) is 10.9. The molecule has 2 aromatic rings. The first kappa shape index (κ1) is 19.9. The van der Waals surface area contributed by atoms with Crippen LogP contribution in [-0.2, 0) is 0 Å². The Morgan fingerprint density at radius 2 is 1.75 bits per heavy atom. The number of methoxy groups -OCH3 is 1. The van der Waals surface area contributed by atoms with Crippen LogP contribution < -0.4 is 19.7 Å². The van der Waals surface area contributed by atoms with Gasteiger partial charge in [-0.05, 0) is 42.9 Å². The fourth-order valence-electron chi connectivity index (χ4n) is 3.00. The highest BCUT2D eigenvalue weighted by molar-refractivity contribution is 5.92. The van der Waals surface area contributed by atoms with Crippen molar-refractivity contribution >= 4 is 11.7 Å². The van der Waals surface area contributed by atoms with Gasteiger partial charge >= 0.3 is 0 Å². The third kappa shape index (κ3) is 5.32. The Bertz CT molecular complexity index is 743. The second-order valence-electron chi connectivity index (χ2n) is 6.48. The van der Waals surface area contributed by atoms with Gasteiger partial charge in [0.2, 0.25) is 0 Å². The van der Waals surface area contributed by atoms with E-state index in [0.29, 0.717) is 18.8 Å². The van der Waals surface area contributed by atoms with Gasteiger partial charge in [-0.3, -0.25) is 4.79 Å². The number of likely N-dealkylation sites (N-methyl/N-ethyl adjacent to an activating group) is 1. The van der Waals surface area contributed by atoms with Crippen molar-refractivity contribution in [2.75, 3.05) is 57.9 Å². The quantitative estimate of drug-likeness (QED) is 0.689. The molecule has 0 aliphatic carbocycles. The summed E-state index contributed by atoms with van der Waals surface area (Å²) >= 11 is 0. The van der Waals surface area contributed by atoms with Gasteiger partial charge in [0.25, 0.3) is 5.91 Å². The second-order valence-corrected chi connectivity index (χ2v) is 6.48. The van der Waals surface area contributed by atoms with E-state index in [4.69, 9.17) is 9.47 Å². The van der Waals surface area contributed by atoms with Crippen LogP contribution in [0.2, 0.25) is 0 Å². The van der Waals surface area contributed by atoms with Gasteiger partial charge in [-0.1, -0.05) is 6.92 Å². The molecule has 28 heavy (non-hydrogen) atoms. The number of piperazine rings is 1. The maximum absolute atomic E-state index is 12.2. The van der Waals surface area contributed by atoms with Crippen LogP contribution >= 0.6 is 0 Å². The standard InChI is InChI=1S/C20H27N5O3/c1-3-24-11-13-25(14-12-24)19-9-8-18(22-23-19)20(26)21-10-15-28-17-6-4-16(27-2)5-7-17/h4-9H,3,10-15H2,1-2H3,(H,21,26). The maximum Gasteiger partial charge on any atom is 0.271 e. The molecule has 8 heteroatoms. The van der Waals surface area contributed by atoms with Gasteiger partial charge in [-0.2, -0.15) is 0 Å². The molecule has 150 valence electrons. The molecule has 1 amide bonds. The zero-order chi connectivity index (χ0) is 19.8. The summed E-state index contributed by atoms with van der Waals surface area (Å²) in [5.41, 5.74) is 0.306. The minimum atomic E-state index is -0.256. The summed E-state index contributed by atoms with van der Waals surface area (Å²) < 4.78 is 10.7. The Morgan fingerprint density at radius 3 is 2.36 bits per heavy atom. The van der Waals surface area contributed by atoms with Crippen molar-refractivity contribution in [1.82, 2.24) is 20.4 Å². The molecule has 8 nitrogen and oxygen atoms in total. The predicted molar refractivity (Wildman–Crippen MR) is 107 cm³/mol. The number of benzene rings is 1. The molecule has 0 bridgehead atoms. The molecule has 1 aliphatic rings. The average Bonchev–Trinajstić information content (AvgIpc) is 2.77. The van der Waals surface area contributed by atoms with Gasteiger partial charge in [-0.15, -0.1) is 10.2 Å². The van der Waals surface area contributed by atoms with Crippen LogP contribution in [0.25, 0.3) is 0 Å². The van der Waals surface area contributed by atoms with Crippen LogP contribution in [0.1, 0.15) is 17.4 Å². The molecule has 1 aromatic heterocycles. The van der Waals surface area contributed by atoms with E-state index in [9.17, 15) is 4.79 Å². The van der Waals surface area contributed by atoms with Crippen LogP contribution in [-0.4, -0.2) is 74.0 Å². The molecular weight excluding hydrogens is 358 g/mol. The lowest BCUT2D eigenvalue weighted by Gasteiger charge is -2.34. The molecule has 1 aliphatic heterocycles. The van der Waals surface area contributed by atoms with E-state index in [1.54, 1.807) is 13.2 Å². The molecule has 1 aromatic carbocycles. The minimum absolute atomic E-state index is 0.256. The number of rotatable bonds is 8. The van der Waals surface area contributed by atoms with Gasteiger partial charge in [0.15, 0.2) is 11.5 Å². The van der Waals surface area contributed by atoms with Crippen LogP contribution in [0.3, 0.4) is 0 Å². The zero-order valence-corrected chi connectivity index (χ0v) is 16.4. The third-order valence-corrected chi connectivity index (χ3v) is 4.74. The lowest BCUT2D eigenvalue weighted by molar-refractivity contribution is 0.0941. The molecular formula is C20H27N5O3. The van der Waals surface area contributed by atoms with E-state index in [2.05, 4.69) is 32.2 Å². The first-order valence-corrected chi connectivity index (χ1v) is 9.55. The molecule has 0 radical (unpaired) electrons. The number of carbonyl (C=O) groups is 1. The second kappa shape index (κ2) is 9.89. The lowest BCUT2D eigenvalue weighted by atomic mass is 10.3. The normalized spacial score (nSPS) is 14.6. The Morgan fingerprint density at radius 1 is 1.04 bits per heavy atom. The van der Waals surface area contributed by atoms with Gasteiger partial charge in [0.05, 0.1) is 13.7 Å². The van der Waals surface area contributed by atoms with Crippen LogP contribution in [0, 0.1) is 0 Å². The van der Waals surface area contributed by atoms with E-state index in [1.807, 2.05) is 30.3 Å². The number of hydrogen-bond acceptors (Lipinski definition) is 7. The number of anilines is 1. The van der Waals surface area contributed by atoms with Gasteiger partial charge in [-0.25, -0.2) is 0 Å². The molecule has 1 saturated heterocycles. The predicted octanol–water partition coefficient (Wildman–Crippen LogP) is 1.44. The van der Waals surface area contributed by atoms with Crippen LogP contribution in [0.5, 0.6) is 11.5 Å². The van der Waals surface area contributed by atoms with Gasteiger partial charge in [0, 0.05) is 26.2 Å². The molecule has 0 spiro atoms. The van der Waals surface area contributed by atoms with Crippen molar-refractivity contribution in [3.8, 4) is 11.5 Å².